The summed E-state index contributed by atoms with van der Waals surface area (Å²) in [6, 6.07) is 27.3. The van der Waals surface area contributed by atoms with E-state index in [0.717, 1.165) is 54.2 Å². The van der Waals surface area contributed by atoms with E-state index in [2.05, 4.69) is 26.1 Å². The molecule has 388 valence electrons. The number of imide groups is 1. The molecule has 3 aliphatic heterocycles. The fourth-order valence-electron chi connectivity index (χ4n) is 8.78. The number of carbonyl (C=O) groups is 7. The summed E-state index contributed by atoms with van der Waals surface area (Å²) >= 11 is 1.22. The van der Waals surface area contributed by atoms with Crippen LogP contribution in [0.5, 0.6) is 0 Å². The van der Waals surface area contributed by atoms with E-state index < -0.39 is 109 Å². The van der Waals surface area contributed by atoms with Crippen LogP contribution < -0.4 is 5.32 Å². The van der Waals surface area contributed by atoms with Gasteiger partial charge >= 0.3 is 30.0 Å². The van der Waals surface area contributed by atoms with Crippen LogP contribution in [0.3, 0.4) is 0 Å². The van der Waals surface area contributed by atoms with Crippen LogP contribution >= 0.6 is 11.8 Å². The van der Waals surface area contributed by atoms with Gasteiger partial charge in [-0.2, -0.15) is 0 Å². The number of rotatable bonds is 17. The molecule has 0 radical (unpaired) electrons. The van der Waals surface area contributed by atoms with Crippen molar-refractivity contribution in [1.82, 2.24) is 10.2 Å². The monoisotopic (exact) mass is 1020 g/mol. The first-order chi connectivity index (χ1) is 34.8. The molecule has 19 heteroatoms. The number of hydrogen-bond donors (Lipinski definition) is 1. The smallest absolute Gasteiger partial charge is 0.407 e. The van der Waals surface area contributed by atoms with Crippen LogP contribution in [0, 0.1) is 6.92 Å². The van der Waals surface area contributed by atoms with Gasteiger partial charge in [-0.25, -0.2) is 4.79 Å². The first-order valence-corrected chi connectivity index (χ1v) is 24.6. The van der Waals surface area contributed by atoms with Gasteiger partial charge in [0.05, 0.1) is 24.3 Å². The summed E-state index contributed by atoms with van der Waals surface area (Å²) in [4.78, 5) is 96.7. The summed E-state index contributed by atoms with van der Waals surface area (Å²) in [5, 5.41) is 2.68. The molecule has 10 atom stereocenters. The highest BCUT2D eigenvalue weighted by atomic mass is 32.2. The predicted molar refractivity (Wildman–Crippen MR) is 262 cm³/mol. The number of esters is 4. The largest absolute Gasteiger partial charge is 0.463 e. The molecule has 3 aliphatic rings. The van der Waals surface area contributed by atoms with Gasteiger partial charge in [-0.3, -0.25) is 33.7 Å². The predicted octanol–water partition coefficient (Wildman–Crippen LogP) is 6.75. The Morgan fingerprint density at radius 2 is 1.18 bits per heavy atom. The second-order valence-electron chi connectivity index (χ2n) is 18.8. The van der Waals surface area contributed by atoms with Crippen LogP contribution in [0.2, 0.25) is 0 Å². The number of carbonyl (C=O) groups excluding carboxylic acids is 7. The zero-order chi connectivity index (χ0) is 52.6. The van der Waals surface area contributed by atoms with E-state index in [1.165, 1.54) is 23.9 Å². The van der Waals surface area contributed by atoms with Crippen molar-refractivity contribution in [2.45, 2.75) is 139 Å². The molecule has 2 saturated heterocycles. The van der Waals surface area contributed by atoms with Crippen LogP contribution in [0.15, 0.2) is 108 Å². The van der Waals surface area contributed by atoms with E-state index in [1.807, 2.05) is 55.5 Å². The van der Waals surface area contributed by atoms with Gasteiger partial charge in [-0.15, -0.1) is 0 Å². The number of fused-ring (bicyclic) bond motifs is 1. The number of ether oxygens (including phenoxy) is 9. The van der Waals surface area contributed by atoms with E-state index >= 15 is 0 Å². The van der Waals surface area contributed by atoms with Crippen LogP contribution in [-0.4, -0.2) is 120 Å². The maximum atomic E-state index is 14.7. The highest BCUT2D eigenvalue weighted by Crippen LogP contribution is 2.44. The summed E-state index contributed by atoms with van der Waals surface area (Å²) < 4.78 is 55.6. The van der Waals surface area contributed by atoms with Gasteiger partial charge in [0.25, 0.3) is 11.8 Å². The van der Waals surface area contributed by atoms with Crippen LogP contribution in [0.1, 0.15) is 91.4 Å². The molecule has 0 spiro atoms. The number of amides is 3. The molecule has 1 N–H and O–H groups in total. The zero-order valence-corrected chi connectivity index (χ0v) is 42.6. The molecule has 0 aliphatic carbocycles. The first kappa shape index (κ1) is 54.1. The fourth-order valence-corrected chi connectivity index (χ4v) is 10.1. The van der Waals surface area contributed by atoms with Crippen LogP contribution in [0.25, 0.3) is 0 Å². The lowest BCUT2D eigenvalue weighted by Crippen LogP contribution is -2.70. The quantitative estimate of drug-likeness (QED) is 0.0657. The Morgan fingerprint density at radius 3 is 1.75 bits per heavy atom. The van der Waals surface area contributed by atoms with Crippen molar-refractivity contribution in [1.29, 1.82) is 0 Å². The summed E-state index contributed by atoms with van der Waals surface area (Å²) in [5.41, 5.74) is 2.05. The van der Waals surface area contributed by atoms with Crippen molar-refractivity contribution in [3.8, 4) is 0 Å². The maximum Gasteiger partial charge on any atom is 0.407 e. The number of aryl methyl sites for hydroxylation is 1. The lowest BCUT2D eigenvalue weighted by atomic mass is 9.87. The number of alkyl carbamates (subject to hydrolysis) is 1. The molecular formula is C54H60N2O16S. The lowest BCUT2D eigenvalue weighted by molar-refractivity contribution is -0.316. The Morgan fingerprint density at radius 1 is 0.630 bits per heavy atom. The maximum absolute atomic E-state index is 14.7. The van der Waals surface area contributed by atoms with E-state index in [9.17, 15) is 33.6 Å². The molecule has 4 aromatic rings. The number of nitrogens with one attached hydrogen (secondary N) is 1. The summed E-state index contributed by atoms with van der Waals surface area (Å²) in [5.74, 6) is -4.66. The minimum Gasteiger partial charge on any atom is -0.463 e. The topological polar surface area (TPSA) is 218 Å². The van der Waals surface area contributed by atoms with Crippen molar-refractivity contribution in [3.05, 3.63) is 137 Å². The number of hydrogen-bond acceptors (Lipinski definition) is 17. The minimum atomic E-state index is -1.79. The average molecular weight is 1030 g/mol. The van der Waals surface area contributed by atoms with Crippen molar-refractivity contribution in [2.75, 3.05) is 13.2 Å². The Balaban J connectivity index is 1.37. The molecule has 2 fully saturated rings. The Labute approximate surface area is 427 Å². The molecule has 0 aromatic heterocycles. The fraction of sp³-hybridized carbons (Fsp3) is 0.426. The van der Waals surface area contributed by atoms with Crippen molar-refractivity contribution in [2.24, 2.45) is 0 Å². The normalized spacial score (nSPS) is 24.7. The van der Waals surface area contributed by atoms with E-state index in [-0.39, 0.29) is 36.4 Å². The van der Waals surface area contributed by atoms with Crippen molar-refractivity contribution in [3.63, 3.8) is 0 Å². The Bertz CT molecular complexity index is 2610. The third-order valence-electron chi connectivity index (χ3n) is 12.2. The standard InChI is InChI=1S/C54H60N2O16S/c1-30-23-24-37(54(6,7)8)25-42(30)73-52-44(56-49(61)38-21-15-16-22-39(38)50(56)62)48(69-34(5)60)46(40(71-52)28-64-26-35-17-11-9-12-18-35)72-51-43(55-53(63)66-27-36-19-13-10-14-20-36)47(68-33(4)59)45(67-32(3)58)41(70-51)29-65-31(2)57/h9-25,40-41,43-48,51-52H,26-29H2,1-8H3,(H,55,63)/t40-,41-,43-,44-,45-,46-,47-,48-,51+,52+/m1/s1. The Hall–Kier alpha value is -6.64. The van der Waals surface area contributed by atoms with Gasteiger partial charge in [-0.05, 0) is 52.8 Å². The molecule has 7 rings (SSSR count). The molecule has 73 heavy (non-hydrogen) atoms. The lowest BCUT2D eigenvalue weighted by Gasteiger charge is -2.50. The SMILES string of the molecule is CC(=O)OC[C@H]1O[C@@H](O[C@H]2[C@H](OC(C)=O)[C@@H](N3C(=O)c4ccccc4C3=O)[C@H](Sc3cc(C(C)(C)C)ccc3C)O[C@@H]2COCc2ccccc2)[C@H](NC(=O)OCc2ccccc2)[C@@H](OC(C)=O)[C@@H]1OC(C)=O. The summed E-state index contributed by atoms with van der Waals surface area (Å²) in [7, 11) is 0. The van der Waals surface area contributed by atoms with Gasteiger partial charge in [0.15, 0.2) is 24.6 Å². The van der Waals surface area contributed by atoms with Crippen LogP contribution in [0.4, 0.5) is 4.79 Å². The average Bonchev–Trinajstić information content (AvgIpc) is 3.58. The third kappa shape index (κ3) is 13.5. The minimum absolute atomic E-state index is 0.0818. The van der Waals surface area contributed by atoms with Gasteiger partial charge in [0.1, 0.15) is 49.0 Å². The van der Waals surface area contributed by atoms with Crippen molar-refractivity contribution < 1.29 is 76.2 Å². The van der Waals surface area contributed by atoms with E-state index in [4.69, 9.17) is 42.6 Å². The highest BCUT2D eigenvalue weighted by Gasteiger charge is 2.59. The van der Waals surface area contributed by atoms with Crippen LogP contribution in [-0.2, 0) is 80.4 Å². The van der Waals surface area contributed by atoms with E-state index in [0.29, 0.717) is 5.56 Å². The highest BCUT2D eigenvalue weighted by molar-refractivity contribution is 7.99. The number of thioether (sulfide) groups is 1. The van der Waals surface area contributed by atoms with Gasteiger partial charge in [-0.1, -0.05) is 117 Å². The molecule has 4 aromatic carbocycles. The molecule has 18 nitrogen and oxygen atoms in total. The summed E-state index contributed by atoms with van der Waals surface area (Å²) in [6.45, 7) is 11.7. The molecule has 3 amide bonds. The third-order valence-corrected chi connectivity index (χ3v) is 13.5. The zero-order valence-electron chi connectivity index (χ0n) is 41.8. The second-order valence-corrected chi connectivity index (χ2v) is 19.9. The summed E-state index contributed by atoms with van der Waals surface area (Å²) in [6.07, 6.45) is -11.8. The number of nitrogens with zero attached hydrogens (tertiary/aromatic N) is 1. The number of benzene rings is 4. The molecule has 0 unspecified atom stereocenters. The molecular weight excluding hydrogens is 965 g/mol. The van der Waals surface area contributed by atoms with Gasteiger partial charge in [0, 0.05) is 32.6 Å². The Kier molecular flexibility index (Phi) is 17.7. The molecule has 0 saturated carbocycles. The molecule has 0 bridgehead atoms. The van der Waals surface area contributed by atoms with Crippen molar-refractivity contribution >= 4 is 53.5 Å². The van der Waals surface area contributed by atoms with E-state index in [1.54, 1.807) is 42.5 Å². The second kappa shape index (κ2) is 23.9. The van der Waals surface area contributed by atoms with Gasteiger partial charge in [0.2, 0.25) is 0 Å². The first-order valence-electron chi connectivity index (χ1n) is 23.7. The molecule has 3 heterocycles. The van der Waals surface area contributed by atoms with Gasteiger partial charge < -0.3 is 47.9 Å².